The van der Waals surface area contributed by atoms with Crippen molar-refractivity contribution in [2.45, 2.75) is 5.41 Å². The summed E-state index contributed by atoms with van der Waals surface area (Å²) in [6.07, 6.45) is 0. The fraction of sp³-hybridized carbons (Fsp3) is 0.0213. The van der Waals surface area contributed by atoms with Crippen LogP contribution in [-0.2, 0) is 5.41 Å². The van der Waals surface area contributed by atoms with E-state index in [1.165, 1.54) is 44.2 Å². The van der Waals surface area contributed by atoms with E-state index in [1.54, 1.807) is 0 Å². The lowest BCUT2D eigenvalue weighted by Crippen LogP contribution is -2.28. The Morgan fingerprint density at radius 2 is 0.959 bits per heavy atom. The Balaban J connectivity index is 1.34. The molecular weight excluding hydrogens is 595 g/mol. The third-order valence-electron chi connectivity index (χ3n) is 10.3. The number of benzene rings is 8. The van der Waals surface area contributed by atoms with Crippen LogP contribution in [0.2, 0.25) is 0 Å². The molecule has 8 aromatic carbocycles. The highest BCUT2D eigenvalue weighted by molar-refractivity contribution is 6.12. The van der Waals surface area contributed by atoms with Crippen molar-refractivity contribution in [3.63, 3.8) is 0 Å². The first-order valence-corrected chi connectivity index (χ1v) is 16.9. The molecule has 0 atom stereocenters. The number of furan rings is 1. The summed E-state index contributed by atoms with van der Waals surface area (Å²) in [6, 6.07) is 68.1. The number of nitrogens with zero attached hydrogens (tertiary/aromatic N) is 1. The standard InChI is InChI=1S/C47H31NO/c1-4-16-32(17-5-1)47(33-18-6-2-7-19-33)41-26-14-12-25-39(41)46-38-24-11-10-22-36(38)43(31-42(46)47)48(34-20-8-3-9-21-34)35-28-29-45-40(30-35)37-23-13-15-27-44(37)49-45/h1-31H. The predicted molar refractivity (Wildman–Crippen MR) is 203 cm³/mol. The fourth-order valence-electron chi connectivity index (χ4n) is 8.32. The molecule has 0 spiro atoms. The van der Waals surface area contributed by atoms with Gasteiger partial charge >= 0.3 is 0 Å². The Morgan fingerprint density at radius 3 is 1.69 bits per heavy atom. The lowest BCUT2D eigenvalue weighted by Gasteiger charge is -2.35. The van der Waals surface area contributed by atoms with Gasteiger partial charge in [-0.05, 0) is 81.2 Å². The molecule has 2 nitrogen and oxygen atoms in total. The minimum Gasteiger partial charge on any atom is -0.456 e. The first kappa shape index (κ1) is 27.7. The van der Waals surface area contributed by atoms with Crippen molar-refractivity contribution in [3.05, 3.63) is 210 Å². The second kappa shape index (κ2) is 10.8. The van der Waals surface area contributed by atoms with E-state index in [4.69, 9.17) is 4.42 Å². The lowest BCUT2D eigenvalue weighted by molar-refractivity contribution is 0.669. The van der Waals surface area contributed by atoms with Crippen LogP contribution in [0.5, 0.6) is 0 Å². The average molecular weight is 626 g/mol. The van der Waals surface area contributed by atoms with E-state index >= 15 is 0 Å². The van der Waals surface area contributed by atoms with Crippen molar-refractivity contribution in [3.8, 4) is 11.1 Å². The molecule has 0 aliphatic heterocycles. The molecule has 1 aromatic heterocycles. The summed E-state index contributed by atoms with van der Waals surface area (Å²) in [5.41, 5.74) is 12.3. The SMILES string of the molecule is c1ccc(N(c2ccc3oc4ccccc4c3c2)c2cc3c(c4ccccc24)-c2ccccc2C3(c2ccccc2)c2ccccc2)cc1. The Labute approximate surface area is 285 Å². The molecule has 1 heterocycles. The molecule has 10 rings (SSSR count). The third-order valence-corrected chi connectivity index (χ3v) is 10.3. The molecule has 0 radical (unpaired) electrons. The zero-order valence-electron chi connectivity index (χ0n) is 26.8. The third kappa shape index (κ3) is 4.01. The monoisotopic (exact) mass is 625 g/mol. The summed E-state index contributed by atoms with van der Waals surface area (Å²) in [5.74, 6) is 0. The first-order valence-electron chi connectivity index (χ1n) is 16.9. The molecular formula is C47H31NO. The van der Waals surface area contributed by atoms with Crippen LogP contribution in [0.25, 0.3) is 43.8 Å². The minimum atomic E-state index is -0.514. The lowest BCUT2D eigenvalue weighted by atomic mass is 9.67. The van der Waals surface area contributed by atoms with Gasteiger partial charge in [0.15, 0.2) is 0 Å². The van der Waals surface area contributed by atoms with Gasteiger partial charge in [-0.25, -0.2) is 0 Å². The zero-order chi connectivity index (χ0) is 32.4. The van der Waals surface area contributed by atoms with Crippen LogP contribution < -0.4 is 4.90 Å². The molecule has 0 N–H and O–H groups in total. The summed E-state index contributed by atoms with van der Waals surface area (Å²) < 4.78 is 6.27. The summed E-state index contributed by atoms with van der Waals surface area (Å²) in [6.45, 7) is 0. The van der Waals surface area contributed by atoms with E-state index in [0.717, 1.165) is 39.0 Å². The van der Waals surface area contributed by atoms with Gasteiger partial charge < -0.3 is 9.32 Å². The molecule has 0 saturated heterocycles. The van der Waals surface area contributed by atoms with Crippen LogP contribution in [0.15, 0.2) is 192 Å². The Kier molecular flexibility index (Phi) is 6.13. The van der Waals surface area contributed by atoms with Crippen LogP contribution in [0.1, 0.15) is 22.3 Å². The number of fused-ring (bicyclic) bond motifs is 8. The quantitative estimate of drug-likeness (QED) is 0.189. The van der Waals surface area contributed by atoms with Gasteiger partial charge in [0.2, 0.25) is 0 Å². The van der Waals surface area contributed by atoms with Gasteiger partial charge in [0, 0.05) is 27.5 Å². The topological polar surface area (TPSA) is 16.4 Å². The van der Waals surface area contributed by atoms with Crippen LogP contribution in [0.4, 0.5) is 17.1 Å². The number of rotatable bonds is 5. The number of para-hydroxylation sites is 2. The van der Waals surface area contributed by atoms with Gasteiger partial charge in [-0.1, -0.05) is 146 Å². The molecule has 2 heteroatoms. The van der Waals surface area contributed by atoms with E-state index < -0.39 is 5.41 Å². The van der Waals surface area contributed by atoms with Crippen molar-refractivity contribution in [1.82, 2.24) is 0 Å². The van der Waals surface area contributed by atoms with Crippen molar-refractivity contribution in [2.24, 2.45) is 0 Å². The van der Waals surface area contributed by atoms with E-state index in [2.05, 4.69) is 181 Å². The van der Waals surface area contributed by atoms with Gasteiger partial charge in [-0.15, -0.1) is 0 Å². The molecule has 0 saturated carbocycles. The zero-order valence-corrected chi connectivity index (χ0v) is 26.8. The van der Waals surface area contributed by atoms with Crippen molar-refractivity contribution >= 4 is 49.8 Å². The molecule has 230 valence electrons. The highest BCUT2D eigenvalue weighted by atomic mass is 16.3. The molecule has 0 amide bonds. The number of hydrogen-bond donors (Lipinski definition) is 0. The van der Waals surface area contributed by atoms with Gasteiger partial charge in [-0.2, -0.15) is 0 Å². The van der Waals surface area contributed by atoms with E-state index in [0.29, 0.717) is 0 Å². The predicted octanol–water partition coefficient (Wildman–Crippen LogP) is 12.6. The van der Waals surface area contributed by atoms with Gasteiger partial charge in [0.25, 0.3) is 0 Å². The van der Waals surface area contributed by atoms with E-state index in [-0.39, 0.29) is 0 Å². The molecule has 0 fully saturated rings. The Morgan fingerprint density at radius 1 is 0.388 bits per heavy atom. The first-order chi connectivity index (χ1) is 24.3. The van der Waals surface area contributed by atoms with Crippen LogP contribution in [0, 0.1) is 0 Å². The molecule has 49 heavy (non-hydrogen) atoms. The second-order valence-corrected chi connectivity index (χ2v) is 12.8. The van der Waals surface area contributed by atoms with Crippen molar-refractivity contribution < 1.29 is 4.42 Å². The van der Waals surface area contributed by atoms with Crippen LogP contribution in [0.3, 0.4) is 0 Å². The average Bonchev–Trinajstić information content (AvgIpc) is 3.70. The molecule has 0 unspecified atom stereocenters. The summed E-state index contributed by atoms with van der Waals surface area (Å²) in [7, 11) is 0. The van der Waals surface area contributed by atoms with Gasteiger partial charge in [0.1, 0.15) is 11.2 Å². The maximum atomic E-state index is 6.27. The highest BCUT2D eigenvalue weighted by Crippen LogP contribution is 2.59. The van der Waals surface area contributed by atoms with Gasteiger partial charge in [0.05, 0.1) is 11.1 Å². The maximum absolute atomic E-state index is 6.27. The summed E-state index contributed by atoms with van der Waals surface area (Å²) in [5, 5.41) is 4.67. The van der Waals surface area contributed by atoms with E-state index in [1.807, 2.05) is 12.1 Å². The molecule has 0 bridgehead atoms. The Bertz CT molecular complexity index is 2620. The van der Waals surface area contributed by atoms with Crippen LogP contribution in [-0.4, -0.2) is 0 Å². The smallest absolute Gasteiger partial charge is 0.135 e. The molecule has 9 aromatic rings. The largest absolute Gasteiger partial charge is 0.456 e. The number of anilines is 3. The van der Waals surface area contributed by atoms with E-state index in [9.17, 15) is 0 Å². The Hall–Kier alpha value is -6.38. The van der Waals surface area contributed by atoms with Gasteiger partial charge in [-0.3, -0.25) is 0 Å². The second-order valence-electron chi connectivity index (χ2n) is 12.8. The minimum absolute atomic E-state index is 0.514. The number of hydrogen-bond acceptors (Lipinski definition) is 2. The van der Waals surface area contributed by atoms with Crippen molar-refractivity contribution in [1.29, 1.82) is 0 Å². The van der Waals surface area contributed by atoms with Crippen molar-refractivity contribution in [2.75, 3.05) is 4.90 Å². The highest BCUT2D eigenvalue weighted by Gasteiger charge is 2.47. The maximum Gasteiger partial charge on any atom is 0.135 e. The summed E-state index contributed by atoms with van der Waals surface area (Å²) in [4.78, 5) is 2.42. The summed E-state index contributed by atoms with van der Waals surface area (Å²) >= 11 is 0. The molecule has 1 aliphatic carbocycles. The fourth-order valence-corrected chi connectivity index (χ4v) is 8.32. The van der Waals surface area contributed by atoms with Crippen LogP contribution >= 0.6 is 0 Å². The molecule has 1 aliphatic rings. The normalized spacial score (nSPS) is 13.1.